The van der Waals surface area contributed by atoms with Crippen molar-refractivity contribution in [1.82, 2.24) is 10.3 Å². The molecular formula is C13H17FN2O2. The van der Waals surface area contributed by atoms with E-state index >= 15 is 0 Å². The quantitative estimate of drug-likeness (QED) is 0.801. The largest absolute Gasteiger partial charge is 0.393 e. The molecule has 18 heavy (non-hydrogen) atoms. The zero-order valence-electron chi connectivity index (χ0n) is 10.1. The Morgan fingerprint density at radius 3 is 2.78 bits per heavy atom. The molecule has 0 atom stereocenters. The lowest BCUT2D eigenvalue weighted by molar-refractivity contribution is 0.0905. The number of aliphatic hydroxyl groups is 1. The predicted octanol–water partition coefficient (Wildman–Crippen LogP) is 1.50. The minimum Gasteiger partial charge on any atom is -0.393 e. The van der Waals surface area contributed by atoms with Crippen LogP contribution in [0, 0.1) is 11.9 Å². The van der Waals surface area contributed by atoms with Gasteiger partial charge in [0.05, 0.1) is 6.10 Å². The Hall–Kier alpha value is -1.49. The van der Waals surface area contributed by atoms with Gasteiger partial charge in [-0.2, -0.15) is 4.39 Å². The van der Waals surface area contributed by atoms with E-state index in [9.17, 15) is 14.3 Å². The van der Waals surface area contributed by atoms with Crippen molar-refractivity contribution < 1.29 is 14.3 Å². The van der Waals surface area contributed by atoms with Gasteiger partial charge in [-0.25, -0.2) is 4.98 Å². The molecule has 1 saturated carbocycles. The molecule has 1 aliphatic carbocycles. The van der Waals surface area contributed by atoms with Crippen LogP contribution in [-0.2, 0) is 0 Å². The number of hydrogen-bond acceptors (Lipinski definition) is 3. The number of amides is 1. The topological polar surface area (TPSA) is 62.2 Å². The van der Waals surface area contributed by atoms with E-state index in [4.69, 9.17) is 0 Å². The number of aromatic nitrogens is 1. The van der Waals surface area contributed by atoms with E-state index in [1.807, 2.05) is 0 Å². The van der Waals surface area contributed by atoms with Crippen molar-refractivity contribution in [1.29, 1.82) is 0 Å². The Kier molecular flexibility index (Phi) is 4.25. The Morgan fingerprint density at radius 1 is 1.39 bits per heavy atom. The molecule has 1 aromatic rings. The molecule has 2 N–H and O–H groups in total. The van der Waals surface area contributed by atoms with E-state index in [2.05, 4.69) is 10.3 Å². The number of pyridine rings is 1. The second kappa shape index (κ2) is 5.91. The highest BCUT2D eigenvalue weighted by Crippen LogP contribution is 2.23. The summed E-state index contributed by atoms with van der Waals surface area (Å²) in [5, 5.41) is 12.1. The molecule has 1 amide bonds. The van der Waals surface area contributed by atoms with Crippen molar-refractivity contribution in [3.05, 3.63) is 29.8 Å². The fourth-order valence-corrected chi connectivity index (χ4v) is 2.21. The number of aliphatic hydroxyl groups excluding tert-OH is 1. The van der Waals surface area contributed by atoms with Crippen LogP contribution in [0.1, 0.15) is 36.2 Å². The zero-order chi connectivity index (χ0) is 13.0. The van der Waals surface area contributed by atoms with Gasteiger partial charge in [0.2, 0.25) is 5.95 Å². The van der Waals surface area contributed by atoms with Gasteiger partial charge in [-0.15, -0.1) is 0 Å². The maximum atomic E-state index is 12.8. The normalized spacial score (nSPS) is 23.7. The number of rotatable bonds is 3. The molecule has 1 fully saturated rings. The van der Waals surface area contributed by atoms with Gasteiger partial charge in [0.1, 0.15) is 5.69 Å². The number of hydrogen-bond donors (Lipinski definition) is 2. The average Bonchev–Trinajstić information content (AvgIpc) is 2.38. The highest BCUT2D eigenvalue weighted by molar-refractivity contribution is 5.92. The van der Waals surface area contributed by atoms with E-state index < -0.39 is 5.95 Å². The van der Waals surface area contributed by atoms with Gasteiger partial charge in [0, 0.05) is 6.54 Å². The lowest BCUT2D eigenvalue weighted by Gasteiger charge is -2.25. The lowest BCUT2D eigenvalue weighted by atomic mass is 9.87. The van der Waals surface area contributed by atoms with Gasteiger partial charge < -0.3 is 10.4 Å². The standard InChI is InChI=1S/C13H17FN2O2/c14-12-3-1-2-11(16-12)13(18)15-8-9-4-6-10(17)7-5-9/h1-3,9-10,17H,4-8H2,(H,15,18). The van der Waals surface area contributed by atoms with Gasteiger partial charge in [-0.3, -0.25) is 4.79 Å². The Balaban J connectivity index is 1.81. The molecule has 0 radical (unpaired) electrons. The summed E-state index contributed by atoms with van der Waals surface area (Å²) in [5.41, 5.74) is 0.103. The number of carbonyl (C=O) groups excluding carboxylic acids is 1. The second-order valence-electron chi connectivity index (χ2n) is 4.73. The second-order valence-corrected chi connectivity index (χ2v) is 4.73. The Bertz CT molecular complexity index is 417. The maximum absolute atomic E-state index is 12.8. The first-order chi connectivity index (χ1) is 8.65. The molecular weight excluding hydrogens is 235 g/mol. The molecule has 0 spiro atoms. The van der Waals surface area contributed by atoms with Crippen molar-refractivity contribution in [2.45, 2.75) is 31.8 Å². The van der Waals surface area contributed by atoms with Gasteiger partial charge in [0.15, 0.2) is 0 Å². The first kappa shape index (κ1) is 13.0. The van der Waals surface area contributed by atoms with Crippen LogP contribution in [0.2, 0.25) is 0 Å². The van der Waals surface area contributed by atoms with Crippen molar-refractivity contribution in [3.63, 3.8) is 0 Å². The molecule has 0 unspecified atom stereocenters. The van der Waals surface area contributed by atoms with Crippen LogP contribution in [0.3, 0.4) is 0 Å². The van der Waals surface area contributed by atoms with Gasteiger partial charge in [-0.1, -0.05) is 6.07 Å². The monoisotopic (exact) mass is 252 g/mol. The Morgan fingerprint density at radius 2 is 2.11 bits per heavy atom. The number of halogens is 1. The number of carbonyl (C=O) groups is 1. The van der Waals surface area contributed by atoms with Crippen LogP contribution in [0.15, 0.2) is 18.2 Å². The average molecular weight is 252 g/mol. The fourth-order valence-electron chi connectivity index (χ4n) is 2.21. The summed E-state index contributed by atoms with van der Waals surface area (Å²) in [6.07, 6.45) is 3.22. The molecule has 1 heterocycles. The van der Waals surface area contributed by atoms with Crippen LogP contribution < -0.4 is 5.32 Å². The van der Waals surface area contributed by atoms with Crippen molar-refractivity contribution in [2.75, 3.05) is 6.54 Å². The van der Waals surface area contributed by atoms with Crippen molar-refractivity contribution in [2.24, 2.45) is 5.92 Å². The molecule has 0 aromatic carbocycles. The third-order valence-corrected chi connectivity index (χ3v) is 3.32. The third kappa shape index (κ3) is 3.50. The van der Waals surface area contributed by atoms with Crippen molar-refractivity contribution in [3.8, 4) is 0 Å². The Labute approximate surface area is 105 Å². The first-order valence-corrected chi connectivity index (χ1v) is 6.24. The summed E-state index contributed by atoms with van der Waals surface area (Å²) in [4.78, 5) is 15.2. The van der Waals surface area contributed by atoms with Crippen LogP contribution in [0.5, 0.6) is 0 Å². The summed E-state index contributed by atoms with van der Waals surface area (Å²) in [5.74, 6) is -0.602. The zero-order valence-corrected chi connectivity index (χ0v) is 10.1. The molecule has 5 heteroatoms. The maximum Gasteiger partial charge on any atom is 0.270 e. The van der Waals surface area contributed by atoms with Crippen molar-refractivity contribution >= 4 is 5.91 Å². The van der Waals surface area contributed by atoms with E-state index in [-0.39, 0.29) is 17.7 Å². The minimum absolute atomic E-state index is 0.103. The van der Waals surface area contributed by atoms with E-state index in [0.717, 1.165) is 25.7 Å². The van der Waals surface area contributed by atoms with Crippen LogP contribution in [0.4, 0.5) is 4.39 Å². The van der Waals surface area contributed by atoms with E-state index in [1.54, 1.807) is 0 Å². The van der Waals surface area contributed by atoms with E-state index in [0.29, 0.717) is 12.5 Å². The summed E-state index contributed by atoms with van der Waals surface area (Å²) in [7, 11) is 0. The van der Waals surface area contributed by atoms with Gasteiger partial charge >= 0.3 is 0 Å². The van der Waals surface area contributed by atoms with Crippen LogP contribution in [0.25, 0.3) is 0 Å². The first-order valence-electron chi connectivity index (χ1n) is 6.24. The molecule has 98 valence electrons. The summed E-state index contributed by atoms with van der Waals surface area (Å²) in [6.45, 7) is 0.559. The number of nitrogens with one attached hydrogen (secondary N) is 1. The molecule has 0 aliphatic heterocycles. The number of nitrogens with zero attached hydrogens (tertiary/aromatic N) is 1. The molecule has 1 aromatic heterocycles. The molecule has 4 nitrogen and oxygen atoms in total. The summed E-state index contributed by atoms with van der Waals surface area (Å²) >= 11 is 0. The summed E-state index contributed by atoms with van der Waals surface area (Å²) < 4.78 is 12.8. The molecule has 0 bridgehead atoms. The highest BCUT2D eigenvalue weighted by atomic mass is 19.1. The molecule has 2 rings (SSSR count). The summed E-state index contributed by atoms with van der Waals surface area (Å²) in [6, 6.07) is 4.16. The van der Waals surface area contributed by atoms with Crippen LogP contribution in [-0.4, -0.2) is 28.6 Å². The SMILES string of the molecule is O=C(NCC1CCC(O)CC1)c1cccc(F)n1. The predicted molar refractivity (Wildman–Crippen MR) is 64.5 cm³/mol. The smallest absolute Gasteiger partial charge is 0.270 e. The van der Waals surface area contributed by atoms with Gasteiger partial charge in [-0.05, 0) is 43.7 Å². The highest BCUT2D eigenvalue weighted by Gasteiger charge is 2.20. The fraction of sp³-hybridized carbons (Fsp3) is 0.538. The lowest BCUT2D eigenvalue weighted by Crippen LogP contribution is -2.32. The minimum atomic E-state index is -0.650. The molecule has 0 saturated heterocycles. The van der Waals surface area contributed by atoms with Gasteiger partial charge in [0.25, 0.3) is 5.91 Å². The van der Waals surface area contributed by atoms with E-state index in [1.165, 1.54) is 18.2 Å². The molecule has 1 aliphatic rings. The van der Waals surface area contributed by atoms with Crippen LogP contribution >= 0.6 is 0 Å². The third-order valence-electron chi connectivity index (χ3n) is 3.32.